The van der Waals surface area contributed by atoms with E-state index in [-0.39, 0.29) is 6.10 Å². The molecule has 8 heteroatoms. The van der Waals surface area contributed by atoms with Crippen LogP contribution in [0.3, 0.4) is 0 Å². The highest BCUT2D eigenvalue weighted by Crippen LogP contribution is 2.47. The molecule has 4 aliphatic heterocycles. The molecule has 4 aliphatic rings. The average molecular weight is 563 g/mol. The fraction of sp³-hybridized carbons (Fsp3) is 0.576. The van der Waals surface area contributed by atoms with Crippen LogP contribution in [-0.4, -0.2) is 97.1 Å². The zero-order valence-electron chi connectivity index (χ0n) is 24.5. The number of nitrogens with zero attached hydrogens (tertiary/aromatic N) is 3. The predicted octanol–water partition coefficient (Wildman–Crippen LogP) is 4.52. The van der Waals surface area contributed by atoms with Crippen LogP contribution in [0, 0.1) is 0 Å². The van der Waals surface area contributed by atoms with Crippen molar-refractivity contribution in [3.63, 3.8) is 0 Å². The summed E-state index contributed by atoms with van der Waals surface area (Å²) in [5, 5.41) is 0. The van der Waals surface area contributed by atoms with E-state index in [0.717, 1.165) is 25.9 Å². The minimum absolute atomic E-state index is 0.150. The number of amides is 1. The van der Waals surface area contributed by atoms with E-state index in [0.29, 0.717) is 36.3 Å². The predicted molar refractivity (Wildman–Crippen MR) is 155 cm³/mol. The third-order valence-corrected chi connectivity index (χ3v) is 10.0. The van der Waals surface area contributed by atoms with Crippen molar-refractivity contribution >= 4 is 12.1 Å². The number of hydrogen-bond donors (Lipinski definition) is 0. The van der Waals surface area contributed by atoms with Crippen LogP contribution in [0.2, 0.25) is 0 Å². The zero-order chi connectivity index (χ0) is 28.5. The fourth-order valence-corrected chi connectivity index (χ4v) is 7.95. The molecule has 4 saturated heterocycles. The maximum absolute atomic E-state index is 14.5. The normalized spacial score (nSPS) is 26.6. The largest absolute Gasteiger partial charge is 0.459 e. The van der Waals surface area contributed by atoms with Gasteiger partial charge in [0.05, 0.1) is 25.2 Å². The lowest BCUT2D eigenvalue weighted by Crippen LogP contribution is -2.60. The van der Waals surface area contributed by atoms with Gasteiger partial charge in [0.1, 0.15) is 6.10 Å². The van der Waals surface area contributed by atoms with Gasteiger partial charge in [0, 0.05) is 64.7 Å². The standard InChI is InChI=1S/C33H44N3O5/c1-25(39-32(38)35-19-17-34(2)18-20-35)41-33(26-11-5-3-6-12-26,27-13-7-4-8-14-27)31(37)40-30-23-28-15-16-29(24-30)36(28)21-9-10-22-36/h3-8,11-14,25,28-30H,9-10,15-24H2,1-2H3/q+1/t25-,28?,29?,30?/m0/s1. The molecule has 220 valence electrons. The van der Waals surface area contributed by atoms with E-state index in [4.69, 9.17) is 14.2 Å². The first-order chi connectivity index (χ1) is 19.9. The van der Waals surface area contributed by atoms with E-state index >= 15 is 0 Å². The highest BCUT2D eigenvalue weighted by atomic mass is 16.7. The van der Waals surface area contributed by atoms with Crippen LogP contribution in [-0.2, 0) is 24.6 Å². The summed E-state index contributed by atoms with van der Waals surface area (Å²) in [4.78, 5) is 31.5. The fourth-order valence-electron chi connectivity index (χ4n) is 7.95. The quantitative estimate of drug-likeness (QED) is 0.281. The maximum Gasteiger partial charge on any atom is 0.412 e. The Bertz CT molecular complexity index is 1140. The SMILES string of the molecule is C[C@@H](OC(=O)N1CCN(C)CC1)OC(C(=O)OC1CC2CCC(C1)[N+]21CCCC1)(c1ccccc1)c1ccccc1. The highest BCUT2D eigenvalue weighted by molar-refractivity contribution is 5.86. The molecule has 2 unspecified atom stereocenters. The third kappa shape index (κ3) is 5.38. The molecule has 8 nitrogen and oxygen atoms in total. The lowest BCUT2D eigenvalue weighted by Gasteiger charge is -2.47. The molecule has 4 heterocycles. The number of esters is 1. The summed E-state index contributed by atoms with van der Waals surface area (Å²) in [5.74, 6) is -0.448. The summed E-state index contributed by atoms with van der Waals surface area (Å²) >= 11 is 0. The van der Waals surface area contributed by atoms with Gasteiger partial charge in [0.2, 0.25) is 11.9 Å². The van der Waals surface area contributed by atoms with E-state index in [1.165, 1.54) is 43.3 Å². The molecule has 2 aromatic rings. The molecule has 3 atom stereocenters. The molecule has 2 aromatic carbocycles. The molecule has 0 N–H and O–H groups in total. The molecule has 0 aliphatic carbocycles. The van der Waals surface area contributed by atoms with E-state index in [9.17, 15) is 9.59 Å². The molecule has 0 radical (unpaired) electrons. The van der Waals surface area contributed by atoms with Crippen molar-refractivity contribution in [2.75, 3.05) is 46.3 Å². The first-order valence-corrected chi connectivity index (χ1v) is 15.4. The van der Waals surface area contributed by atoms with Gasteiger partial charge in [0.25, 0.3) is 0 Å². The summed E-state index contributed by atoms with van der Waals surface area (Å²) in [7, 11) is 2.04. The van der Waals surface area contributed by atoms with Gasteiger partial charge >= 0.3 is 12.1 Å². The Hall–Kier alpha value is -2.94. The van der Waals surface area contributed by atoms with Crippen molar-refractivity contribution in [1.82, 2.24) is 9.80 Å². The number of piperidine rings is 1. The Morgan fingerprint density at radius 1 is 0.854 bits per heavy atom. The molecule has 1 amide bonds. The number of carbonyl (C=O) groups excluding carboxylic acids is 2. The van der Waals surface area contributed by atoms with Gasteiger partial charge < -0.3 is 28.5 Å². The lowest BCUT2D eigenvalue weighted by atomic mass is 9.85. The van der Waals surface area contributed by atoms with Gasteiger partial charge in [-0.15, -0.1) is 0 Å². The minimum atomic E-state index is -1.58. The number of hydrogen-bond acceptors (Lipinski definition) is 6. The lowest BCUT2D eigenvalue weighted by molar-refractivity contribution is -0.956. The Kier molecular flexibility index (Phi) is 8.07. The summed E-state index contributed by atoms with van der Waals surface area (Å²) in [6.07, 6.45) is 5.28. The number of piperazine rings is 1. The van der Waals surface area contributed by atoms with Crippen molar-refractivity contribution in [1.29, 1.82) is 0 Å². The monoisotopic (exact) mass is 562 g/mol. The number of benzene rings is 2. The number of rotatable bonds is 7. The van der Waals surface area contributed by atoms with Gasteiger partial charge in [-0.25, -0.2) is 9.59 Å². The Balaban J connectivity index is 1.27. The van der Waals surface area contributed by atoms with Crippen LogP contribution in [0.4, 0.5) is 4.79 Å². The highest BCUT2D eigenvalue weighted by Gasteiger charge is 2.57. The Morgan fingerprint density at radius 2 is 1.39 bits per heavy atom. The maximum atomic E-state index is 14.5. The van der Waals surface area contributed by atoms with Crippen LogP contribution in [0.25, 0.3) is 0 Å². The van der Waals surface area contributed by atoms with E-state index in [1.54, 1.807) is 11.8 Å². The Labute approximate surface area is 243 Å². The molecular formula is C33H44N3O5+. The van der Waals surface area contributed by atoms with Gasteiger partial charge in [-0.05, 0) is 25.1 Å². The van der Waals surface area contributed by atoms with Crippen LogP contribution < -0.4 is 0 Å². The number of likely N-dealkylation sites (N-methyl/N-ethyl adjacent to an activating group) is 1. The van der Waals surface area contributed by atoms with Gasteiger partial charge in [-0.1, -0.05) is 60.7 Å². The molecule has 4 fully saturated rings. The smallest absolute Gasteiger partial charge is 0.412 e. The van der Waals surface area contributed by atoms with Crippen molar-refractivity contribution in [2.24, 2.45) is 0 Å². The summed E-state index contributed by atoms with van der Waals surface area (Å²) < 4.78 is 20.1. The molecule has 41 heavy (non-hydrogen) atoms. The average Bonchev–Trinajstić information content (AvgIpc) is 3.53. The number of carbonyl (C=O) groups is 2. The molecular weight excluding hydrogens is 518 g/mol. The topological polar surface area (TPSA) is 68.3 Å². The van der Waals surface area contributed by atoms with Gasteiger partial charge in [0.15, 0.2) is 0 Å². The first kappa shape index (κ1) is 28.2. The van der Waals surface area contributed by atoms with Crippen molar-refractivity contribution in [3.05, 3.63) is 71.8 Å². The van der Waals surface area contributed by atoms with Crippen molar-refractivity contribution < 1.29 is 28.3 Å². The molecule has 2 bridgehead atoms. The van der Waals surface area contributed by atoms with Crippen LogP contribution in [0.1, 0.15) is 56.6 Å². The van der Waals surface area contributed by atoms with Crippen LogP contribution >= 0.6 is 0 Å². The van der Waals surface area contributed by atoms with Crippen molar-refractivity contribution in [3.8, 4) is 0 Å². The van der Waals surface area contributed by atoms with Gasteiger partial charge in [-0.2, -0.15) is 0 Å². The summed E-state index contributed by atoms with van der Waals surface area (Å²) in [6.45, 7) is 6.99. The third-order valence-electron chi connectivity index (χ3n) is 10.0. The van der Waals surface area contributed by atoms with Gasteiger partial charge in [-0.3, -0.25) is 0 Å². The minimum Gasteiger partial charge on any atom is -0.459 e. The number of ether oxygens (including phenoxy) is 3. The molecule has 0 aromatic heterocycles. The number of quaternary nitrogens is 1. The van der Waals surface area contributed by atoms with E-state index in [2.05, 4.69) is 4.90 Å². The molecule has 0 saturated carbocycles. The molecule has 1 spiro atoms. The summed E-state index contributed by atoms with van der Waals surface area (Å²) in [6, 6.07) is 20.1. The first-order valence-electron chi connectivity index (χ1n) is 15.4. The Morgan fingerprint density at radius 3 is 1.93 bits per heavy atom. The van der Waals surface area contributed by atoms with E-state index < -0.39 is 24.0 Å². The summed E-state index contributed by atoms with van der Waals surface area (Å²) in [5.41, 5.74) is -0.276. The van der Waals surface area contributed by atoms with Crippen LogP contribution in [0.15, 0.2) is 60.7 Å². The zero-order valence-corrected chi connectivity index (χ0v) is 24.5. The molecule has 6 rings (SSSR count). The van der Waals surface area contributed by atoms with E-state index in [1.807, 2.05) is 67.7 Å². The second kappa shape index (κ2) is 11.7. The van der Waals surface area contributed by atoms with Crippen LogP contribution in [0.5, 0.6) is 0 Å². The van der Waals surface area contributed by atoms with Crippen molar-refractivity contribution in [2.45, 2.75) is 75.5 Å². The second-order valence-corrected chi connectivity index (χ2v) is 12.4. The second-order valence-electron chi connectivity index (χ2n) is 12.4.